The van der Waals surface area contributed by atoms with E-state index in [1.54, 1.807) is 74.5 Å². The highest BCUT2D eigenvalue weighted by Crippen LogP contribution is 2.29. The number of nitrogens with two attached hydrogens (primary N) is 8. The Bertz CT molecular complexity index is 6120. The Hall–Kier alpha value is -13.2. The molecular weight excluding hydrogens is 1660 g/mol. The van der Waals surface area contributed by atoms with Gasteiger partial charge in [-0.15, -0.1) is 20.4 Å². The number of hydrogen-bond acceptors (Lipinski definition) is 40. The topological polar surface area (TPSA) is 697 Å². The quantitative estimate of drug-likeness (QED) is 0.0397. The van der Waals surface area contributed by atoms with E-state index in [1.807, 2.05) is 13.0 Å². The highest BCUT2D eigenvalue weighted by molar-refractivity contribution is 7.90. The fourth-order valence-corrected chi connectivity index (χ4v) is 15.0. The Balaban J connectivity index is 0.000000140. The molecule has 26 N–H and O–H groups in total. The Morgan fingerprint density at radius 2 is 0.738 bits per heavy atom. The number of nitrogens with zero attached hydrogens (tertiary/aromatic N) is 22. The first-order valence-corrected chi connectivity index (χ1v) is 44.1. The number of benzene rings is 4. The first kappa shape index (κ1) is 86.7. The van der Waals surface area contributed by atoms with E-state index < -0.39 is 40.1 Å². The number of anilines is 16. The summed E-state index contributed by atoms with van der Waals surface area (Å²) in [6, 6.07) is 30.0. The predicted molar refractivity (Wildman–Crippen MR) is 458 cm³/mol. The highest BCUT2D eigenvalue weighted by atomic mass is 32.2. The van der Waals surface area contributed by atoms with Crippen molar-refractivity contribution in [1.29, 1.82) is 0 Å². The molecule has 0 saturated carbocycles. The molecular formula is C70H92N40O8S4. The third-order valence-corrected chi connectivity index (χ3v) is 22.7. The van der Waals surface area contributed by atoms with Crippen LogP contribution in [-0.4, -0.2) is 228 Å². The van der Waals surface area contributed by atoms with Crippen LogP contribution in [0, 0.1) is 13.8 Å². The van der Waals surface area contributed by atoms with Gasteiger partial charge >= 0.3 is 0 Å². The lowest BCUT2D eigenvalue weighted by Crippen LogP contribution is -2.44. The number of primary sulfonamides is 4. The average molecular weight is 1750 g/mol. The van der Waals surface area contributed by atoms with E-state index in [4.69, 9.17) is 43.5 Å². The van der Waals surface area contributed by atoms with Crippen LogP contribution in [-0.2, 0) is 46.5 Å². The Morgan fingerprint density at radius 1 is 0.393 bits per heavy atom. The van der Waals surface area contributed by atoms with E-state index in [0.29, 0.717) is 93.9 Å². The van der Waals surface area contributed by atoms with Crippen molar-refractivity contribution in [2.24, 2.45) is 20.6 Å². The molecule has 48 nitrogen and oxygen atoms in total. The first-order chi connectivity index (χ1) is 58.2. The van der Waals surface area contributed by atoms with Gasteiger partial charge in [-0.1, -0.05) is 6.92 Å². The molecule has 52 heteroatoms. The Morgan fingerprint density at radius 3 is 1.12 bits per heavy atom. The van der Waals surface area contributed by atoms with Crippen LogP contribution < -0.4 is 102 Å². The fourth-order valence-electron chi connectivity index (χ4n) is 12.9. The number of likely N-dealkylation sites (N-methyl/N-ethyl adjacent to an activating group) is 1. The predicted octanol–water partition coefficient (Wildman–Crippen LogP) is 0.765. The molecule has 2 atom stereocenters. The van der Waals surface area contributed by atoms with Crippen molar-refractivity contribution >= 4 is 134 Å². The van der Waals surface area contributed by atoms with Crippen LogP contribution in [0.2, 0.25) is 0 Å². The zero-order chi connectivity index (χ0) is 86.6. The number of nitrogen functional groups attached to an aromatic ring is 4. The number of hydrogen-bond donors (Lipinski definition) is 18. The molecule has 122 heavy (non-hydrogen) atoms. The molecule has 4 aliphatic heterocycles. The van der Waals surface area contributed by atoms with Gasteiger partial charge in [-0.2, -0.15) is 38.7 Å². The maximum Gasteiger partial charge on any atom is 0.248 e. The van der Waals surface area contributed by atoms with E-state index in [2.05, 4.69) is 150 Å². The Labute approximate surface area is 700 Å². The van der Waals surface area contributed by atoms with Crippen molar-refractivity contribution in [3.05, 3.63) is 145 Å². The summed E-state index contributed by atoms with van der Waals surface area (Å²) in [5.41, 5.74) is 27.4. The SMILES string of the molecule is CCc1c(NC2CCNC2)ncnc1-n1nc(Nc2ccc(S(N)(=O)=O)cc2)nc1N.CN1CCN(c2cc(-n3nc(Nc4ccc(S(N)(=O)=O)cc4)nc3N)ncn2)CC1.Cc1nc(NC2CCNC2)cc(-n2nc(Nc3ccc(S(N)(=O)=O)cc3)nc2N)n1.Cc1nc(NC2CCNCC2)cc(-n2nc(Nc3ccc(S(N)(=O)=O)cc3)nc2N)n1. The van der Waals surface area contributed by atoms with E-state index in [9.17, 15) is 33.7 Å². The third-order valence-electron chi connectivity index (χ3n) is 19.0. The second kappa shape index (κ2) is 37.6. The first-order valence-electron chi connectivity index (χ1n) is 37.9. The summed E-state index contributed by atoms with van der Waals surface area (Å²) in [7, 11) is -12.9. The van der Waals surface area contributed by atoms with Gasteiger partial charge < -0.3 is 85.9 Å². The van der Waals surface area contributed by atoms with Crippen LogP contribution in [0.3, 0.4) is 0 Å². The second-order valence-corrected chi connectivity index (χ2v) is 34.4. The minimum atomic E-state index is -3.76. The molecule has 2 unspecified atom stereocenters. The lowest BCUT2D eigenvalue weighted by Gasteiger charge is -2.33. The number of aryl methyl sites for hydroxylation is 2. The molecule has 4 aliphatic rings. The Kier molecular flexibility index (Phi) is 26.7. The molecule has 4 saturated heterocycles. The molecule has 644 valence electrons. The molecule has 0 aliphatic carbocycles. The van der Waals surface area contributed by atoms with Crippen molar-refractivity contribution < 1.29 is 33.7 Å². The minimum Gasteiger partial charge on any atom is -0.368 e. The molecule has 0 spiro atoms. The maximum atomic E-state index is 11.4. The zero-order valence-electron chi connectivity index (χ0n) is 66.3. The van der Waals surface area contributed by atoms with Crippen molar-refractivity contribution in [3.8, 4) is 23.3 Å². The van der Waals surface area contributed by atoms with Crippen molar-refractivity contribution in [2.75, 3.05) is 138 Å². The van der Waals surface area contributed by atoms with Gasteiger partial charge in [0.2, 0.25) is 87.7 Å². The number of sulfonamides is 4. The minimum absolute atomic E-state index is 0.0139. The van der Waals surface area contributed by atoms with Crippen molar-refractivity contribution in [2.45, 2.75) is 90.6 Å². The van der Waals surface area contributed by atoms with Crippen LogP contribution >= 0.6 is 0 Å². The van der Waals surface area contributed by atoms with Crippen LogP contribution in [0.15, 0.2) is 147 Å². The van der Waals surface area contributed by atoms with Gasteiger partial charge in [-0.05, 0) is 176 Å². The number of piperidine rings is 1. The number of aromatic nitrogens is 20. The van der Waals surface area contributed by atoms with E-state index in [1.165, 1.54) is 79.9 Å². The third kappa shape index (κ3) is 22.9. The molecule has 0 radical (unpaired) electrons. The molecule has 8 aromatic heterocycles. The second-order valence-electron chi connectivity index (χ2n) is 28.2. The van der Waals surface area contributed by atoms with Gasteiger partial charge in [-0.3, -0.25) is 0 Å². The van der Waals surface area contributed by atoms with Gasteiger partial charge in [0.15, 0.2) is 23.3 Å². The summed E-state index contributed by atoms with van der Waals surface area (Å²) in [6.45, 7) is 14.9. The molecule has 12 aromatic rings. The smallest absolute Gasteiger partial charge is 0.248 e. The summed E-state index contributed by atoms with van der Waals surface area (Å²) >= 11 is 0. The van der Waals surface area contributed by atoms with E-state index in [0.717, 1.165) is 108 Å². The van der Waals surface area contributed by atoms with E-state index in [-0.39, 0.29) is 67.2 Å². The van der Waals surface area contributed by atoms with Crippen LogP contribution in [0.4, 0.5) is 93.6 Å². The molecule has 0 amide bonds. The van der Waals surface area contributed by atoms with Crippen LogP contribution in [0.1, 0.15) is 49.8 Å². The summed E-state index contributed by atoms with van der Waals surface area (Å²) in [5, 5.41) is 70.2. The molecule has 0 bridgehead atoms. The van der Waals surface area contributed by atoms with Crippen LogP contribution in [0.25, 0.3) is 23.3 Å². The zero-order valence-corrected chi connectivity index (χ0v) is 69.6. The van der Waals surface area contributed by atoms with E-state index >= 15 is 0 Å². The van der Waals surface area contributed by atoms with Gasteiger partial charge in [0.25, 0.3) is 0 Å². The molecule has 4 fully saturated rings. The normalized spacial score (nSPS) is 15.8. The largest absolute Gasteiger partial charge is 0.368 e. The summed E-state index contributed by atoms with van der Waals surface area (Å²) < 4.78 is 96.7. The number of rotatable bonds is 24. The summed E-state index contributed by atoms with van der Waals surface area (Å²) in [5.74, 6) is 7.71. The average Bonchev–Trinajstić information content (AvgIpc) is 1.58. The molecule has 4 aromatic carbocycles. The molecule has 16 rings (SSSR count). The molecule has 12 heterocycles. The monoisotopic (exact) mass is 1750 g/mol. The number of nitrogens with one attached hydrogen (secondary N) is 10. The van der Waals surface area contributed by atoms with Crippen LogP contribution in [0.5, 0.6) is 0 Å². The van der Waals surface area contributed by atoms with Gasteiger partial charge in [-0.25, -0.2) is 94.1 Å². The van der Waals surface area contributed by atoms with Crippen molar-refractivity contribution in [1.82, 2.24) is 120 Å². The van der Waals surface area contributed by atoms with Gasteiger partial charge in [0.05, 0.1) is 19.6 Å². The maximum absolute atomic E-state index is 11.4. The lowest BCUT2D eigenvalue weighted by atomic mass is 10.1. The summed E-state index contributed by atoms with van der Waals surface area (Å²) in [6.07, 6.45) is 7.69. The lowest BCUT2D eigenvalue weighted by molar-refractivity contribution is 0.312. The van der Waals surface area contributed by atoms with Gasteiger partial charge in [0.1, 0.15) is 47.6 Å². The van der Waals surface area contributed by atoms with Crippen molar-refractivity contribution in [3.63, 3.8) is 0 Å². The van der Waals surface area contributed by atoms with Gasteiger partial charge in [0, 0.05) is 104 Å². The summed E-state index contributed by atoms with van der Waals surface area (Å²) in [4.78, 5) is 56.5. The fraction of sp³-hybridized carbons (Fsp3) is 0.314. The highest BCUT2D eigenvalue weighted by Gasteiger charge is 2.25. The number of piperazine rings is 1. The standard InChI is InChI=1S/2C18H24N10O2S.2C17H22N10O2S/c1-11-22-15(24-13-6-8-21-9-7-13)10-16(23-11)28-17(19)26-18(27-28)25-12-2-4-14(5-3-12)31(20,29)30;1-2-14-15(24-12-7-8-21-9-12)22-10-23-16(14)28-17(19)26-18(27-28)25-11-3-5-13(6-4-11)31(20,29)30;1-25-6-8-26(9-7-25)14-10-15(21-11-20-14)27-16(18)23-17(24-27)22-12-2-4-13(5-3-12)30(19,28)29;1-10-21-14(23-12-6-7-20-9-12)8-15(22-10)27-16(18)25-17(26-27)24-11-2-4-13(5-3-11)30(19,28)29/h2-5,10,13,21H,6-9H2,1H3,(H2,20,29,30)(H,22,23,24)(H3,19,25,26,27);3-6,10,12,21H,2,7-9H2,1H3,(H2,20,29,30)(H,22,23,24)(H3,19,25,26,27);2-5,10-11H,6-9H2,1H3,(H2,19,28,29)(H3,18,22,23,24);2-5,8,12,20H,6-7,9H2,1H3,(H2,19,28,29)(H,21,22,23)(H3,18,24,25,26).